The van der Waals surface area contributed by atoms with Crippen molar-refractivity contribution in [2.75, 3.05) is 19.4 Å². The van der Waals surface area contributed by atoms with Crippen LogP contribution in [-0.4, -0.2) is 38.8 Å². The van der Waals surface area contributed by atoms with Gasteiger partial charge < -0.3 is 10.1 Å². The minimum absolute atomic E-state index is 0.116. The average Bonchev–Trinajstić information content (AvgIpc) is 2.77. The fraction of sp³-hybridized carbons (Fsp3) is 0.240. The number of ether oxygens (including phenoxy) is 1. The topological polar surface area (TPSA) is 75.7 Å². The number of hydrogen-bond donors (Lipinski definition) is 1. The van der Waals surface area contributed by atoms with E-state index < -0.39 is 16.1 Å². The molecule has 0 bridgehead atoms. The summed E-state index contributed by atoms with van der Waals surface area (Å²) in [7, 11) is -0.668. The molecular formula is C25H28N2O4S. The molecule has 0 saturated carbocycles. The van der Waals surface area contributed by atoms with Crippen LogP contribution in [0.2, 0.25) is 0 Å². The smallest absolute Gasteiger partial charge is 0.265 e. The Morgan fingerprint density at radius 3 is 2.34 bits per heavy atom. The molecule has 0 saturated heterocycles. The van der Waals surface area contributed by atoms with Crippen molar-refractivity contribution < 1.29 is 17.9 Å². The van der Waals surface area contributed by atoms with Gasteiger partial charge in [0.05, 0.1) is 4.90 Å². The van der Waals surface area contributed by atoms with Crippen LogP contribution in [0.4, 0.5) is 5.69 Å². The third kappa shape index (κ3) is 5.55. The molecule has 0 aliphatic rings. The Labute approximate surface area is 189 Å². The van der Waals surface area contributed by atoms with Gasteiger partial charge in [0.15, 0.2) is 6.10 Å². The number of para-hydroxylation sites is 1. The molecule has 0 spiro atoms. The highest BCUT2D eigenvalue weighted by Crippen LogP contribution is 2.25. The lowest BCUT2D eigenvalue weighted by Gasteiger charge is -2.19. The number of rotatable bonds is 8. The SMILES string of the molecule is Cc1ccc(S(=O)(=O)N(C)C)cc1NC(=O)[C@@H](C)Oc1ccccc1Cc1ccccc1. The fourth-order valence-electron chi connectivity index (χ4n) is 3.17. The molecule has 0 aliphatic heterocycles. The normalized spacial score (nSPS) is 12.4. The maximum Gasteiger partial charge on any atom is 0.265 e. The van der Waals surface area contributed by atoms with E-state index >= 15 is 0 Å². The van der Waals surface area contributed by atoms with Crippen LogP contribution in [0.3, 0.4) is 0 Å². The van der Waals surface area contributed by atoms with Gasteiger partial charge in [-0.25, -0.2) is 12.7 Å². The number of benzene rings is 3. The second-order valence-corrected chi connectivity index (χ2v) is 9.94. The molecule has 7 heteroatoms. The first-order chi connectivity index (χ1) is 15.2. The van der Waals surface area contributed by atoms with E-state index in [0.29, 0.717) is 17.9 Å². The number of sulfonamides is 1. The Kier molecular flexibility index (Phi) is 7.33. The molecule has 1 atom stereocenters. The van der Waals surface area contributed by atoms with Crippen LogP contribution >= 0.6 is 0 Å². The largest absolute Gasteiger partial charge is 0.481 e. The molecule has 168 valence electrons. The van der Waals surface area contributed by atoms with Crippen LogP contribution in [0.15, 0.2) is 77.7 Å². The Bertz CT molecular complexity index is 1190. The van der Waals surface area contributed by atoms with Crippen LogP contribution < -0.4 is 10.1 Å². The monoisotopic (exact) mass is 452 g/mol. The Morgan fingerprint density at radius 1 is 1.00 bits per heavy atom. The summed E-state index contributed by atoms with van der Waals surface area (Å²) < 4.78 is 32.0. The minimum Gasteiger partial charge on any atom is -0.481 e. The van der Waals surface area contributed by atoms with Gasteiger partial charge in [-0.05, 0) is 48.7 Å². The molecule has 0 heterocycles. The number of amides is 1. The molecule has 3 aromatic rings. The number of aryl methyl sites for hydroxylation is 1. The molecular weight excluding hydrogens is 424 g/mol. The van der Waals surface area contributed by atoms with Crippen molar-refractivity contribution in [2.24, 2.45) is 0 Å². The Hall–Kier alpha value is -3.16. The molecule has 0 radical (unpaired) electrons. The quantitative estimate of drug-likeness (QED) is 0.555. The number of hydrogen-bond acceptors (Lipinski definition) is 4. The Balaban J connectivity index is 1.75. The van der Waals surface area contributed by atoms with E-state index in [1.54, 1.807) is 13.0 Å². The van der Waals surface area contributed by atoms with Gasteiger partial charge in [0.1, 0.15) is 5.75 Å². The number of nitrogens with one attached hydrogen (secondary N) is 1. The summed E-state index contributed by atoms with van der Waals surface area (Å²) >= 11 is 0. The molecule has 32 heavy (non-hydrogen) atoms. The van der Waals surface area contributed by atoms with E-state index in [1.807, 2.05) is 61.5 Å². The predicted octanol–water partition coefficient (Wildman–Crippen LogP) is 4.24. The Morgan fingerprint density at radius 2 is 1.66 bits per heavy atom. The number of carbonyl (C=O) groups excluding carboxylic acids is 1. The average molecular weight is 453 g/mol. The summed E-state index contributed by atoms with van der Waals surface area (Å²) in [5.74, 6) is 0.279. The van der Waals surface area contributed by atoms with Crippen molar-refractivity contribution in [3.05, 3.63) is 89.5 Å². The van der Waals surface area contributed by atoms with E-state index in [2.05, 4.69) is 5.32 Å². The van der Waals surface area contributed by atoms with Crippen molar-refractivity contribution in [1.29, 1.82) is 0 Å². The first-order valence-corrected chi connectivity index (χ1v) is 11.7. The maximum atomic E-state index is 12.8. The minimum atomic E-state index is -3.61. The van der Waals surface area contributed by atoms with Gasteiger partial charge in [0.2, 0.25) is 10.0 Å². The molecule has 0 aromatic heterocycles. The van der Waals surface area contributed by atoms with Crippen LogP contribution in [0, 0.1) is 6.92 Å². The van der Waals surface area contributed by atoms with Gasteiger partial charge >= 0.3 is 0 Å². The zero-order chi connectivity index (χ0) is 23.3. The third-order valence-corrected chi connectivity index (χ3v) is 6.94. The summed E-state index contributed by atoms with van der Waals surface area (Å²) in [5, 5.41) is 2.80. The van der Waals surface area contributed by atoms with E-state index in [0.717, 1.165) is 21.0 Å². The molecule has 1 amide bonds. The van der Waals surface area contributed by atoms with E-state index in [1.165, 1.54) is 26.2 Å². The van der Waals surface area contributed by atoms with Crippen molar-refractivity contribution in [1.82, 2.24) is 4.31 Å². The van der Waals surface area contributed by atoms with Crippen molar-refractivity contribution in [3.63, 3.8) is 0 Å². The number of nitrogens with zero attached hydrogens (tertiary/aromatic N) is 1. The zero-order valence-electron chi connectivity index (χ0n) is 18.7. The summed E-state index contributed by atoms with van der Waals surface area (Å²) in [6.45, 7) is 3.48. The van der Waals surface area contributed by atoms with Gasteiger partial charge in [-0.2, -0.15) is 0 Å². The summed E-state index contributed by atoms with van der Waals surface area (Å²) in [6, 6.07) is 22.3. The molecule has 1 N–H and O–H groups in total. The lowest BCUT2D eigenvalue weighted by molar-refractivity contribution is -0.122. The fourth-order valence-corrected chi connectivity index (χ4v) is 4.09. The van der Waals surface area contributed by atoms with Crippen molar-refractivity contribution in [2.45, 2.75) is 31.3 Å². The first kappa shape index (κ1) is 23.5. The van der Waals surface area contributed by atoms with Gasteiger partial charge in [0.25, 0.3) is 5.91 Å². The molecule has 0 fully saturated rings. The first-order valence-electron chi connectivity index (χ1n) is 10.3. The second-order valence-electron chi connectivity index (χ2n) is 7.78. The van der Waals surface area contributed by atoms with E-state index in [-0.39, 0.29) is 10.8 Å². The van der Waals surface area contributed by atoms with Gasteiger partial charge in [-0.3, -0.25) is 4.79 Å². The summed E-state index contributed by atoms with van der Waals surface area (Å²) in [6.07, 6.45) is -0.0880. The summed E-state index contributed by atoms with van der Waals surface area (Å²) in [5.41, 5.74) is 3.32. The highest BCUT2D eigenvalue weighted by atomic mass is 32.2. The van der Waals surface area contributed by atoms with E-state index in [4.69, 9.17) is 4.74 Å². The lowest BCUT2D eigenvalue weighted by atomic mass is 10.0. The van der Waals surface area contributed by atoms with E-state index in [9.17, 15) is 13.2 Å². The van der Waals surface area contributed by atoms with Gasteiger partial charge in [-0.1, -0.05) is 54.6 Å². The van der Waals surface area contributed by atoms with Gasteiger partial charge in [-0.15, -0.1) is 0 Å². The standard InChI is InChI=1S/C25H28N2O4S/c1-18-14-15-22(32(29,30)27(3)4)17-23(18)26-25(28)19(2)31-24-13-9-8-12-21(24)16-20-10-6-5-7-11-20/h5-15,17,19H,16H2,1-4H3,(H,26,28)/t19-/m1/s1. The van der Waals surface area contributed by atoms with Crippen LogP contribution in [0.25, 0.3) is 0 Å². The highest BCUT2D eigenvalue weighted by molar-refractivity contribution is 7.89. The molecule has 0 unspecified atom stereocenters. The lowest BCUT2D eigenvalue weighted by Crippen LogP contribution is -2.31. The van der Waals surface area contributed by atoms with Crippen LogP contribution in [0.1, 0.15) is 23.6 Å². The summed E-state index contributed by atoms with van der Waals surface area (Å²) in [4.78, 5) is 13.0. The second kappa shape index (κ2) is 9.97. The highest BCUT2D eigenvalue weighted by Gasteiger charge is 2.21. The molecule has 0 aliphatic carbocycles. The molecule has 6 nitrogen and oxygen atoms in total. The molecule has 3 aromatic carbocycles. The van der Waals surface area contributed by atoms with Crippen LogP contribution in [-0.2, 0) is 21.2 Å². The predicted molar refractivity (Wildman–Crippen MR) is 126 cm³/mol. The van der Waals surface area contributed by atoms with Gasteiger partial charge in [0, 0.05) is 26.2 Å². The van der Waals surface area contributed by atoms with Crippen LogP contribution in [0.5, 0.6) is 5.75 Å². The van der Waals surface area contributed by atoms with Crippen molar-refractivity contribution in [3.8, 4) is 5.75 Å². The molecule has 3 rings (SSSR count). The number of anilines is 1. The number of carbonyl (C=O) groups is 1. The maximum absolute atomic E-state index is 12.8. The zero-order valence-corrected chi connectivity index (χ0v) is 19.5. The third-order valence-electron chi connectivity index (χ3n) is 5.13. The van der Waals surface area contributed by atoms with Crippen molar-refractivity contribution >= 4 is 21.6 Å².